The highest BCUT2D eigenvalue weighted by atomic mass is 79.9. The van der Waals surface area contributed by atoms with Crippen LogP contribution in [0.15, 0.2) is 0 Å². The lowest BCUT2D eigenvalue weighted by Gasteiger charge is -2.17. The molecule has 0 bridgehead atoms. The minimum atomic E-state index is -2.12. The van der Waals surface area contributed by atoms with Gasteiger partial charge in [0.15, 0.2) is 0 Å². The summed E-state index contributed by atoms with van der Waals surface area (Å²) < 4.78 is 0. The molecule has 0 aliphatic rings. The van der Waals surface area contributed by atoms with Crippen LogP contribution in [0, 0.1) is 0 Å². The van der Waals surface area contributed by atoms with Gasteiger partial charge in [0.2, 0.25) is 11.6 Å². The topological polar surface area (TPSA) is 135 Å². The van der Waals surface area contributed by atoms with Gasteiger partial charge in [-0.15, -0.1) is 0 Å². The molecule has 0 heterocycles. The Labute approximate surface area is 99.5 Å². The minimum Gasteiger partial charge on any atom is -0.394 e. The molecule has 94 valence electrons. The van der Waals surface area contributed by atoms with Crippen molar-refractivity contribution in [3.63, 3.8) is 0 Å². The monoisotopic (exact) mass is 300 g/mol. The van der Waals surface area contributed by atoms with Gasteiger partial charge in [0, 0.05) is 5.33 Å². The molecule has 2 unspecified atom stereocenters. The summed E-state index contributed by atoms with van der Waals surface area (Å²) in [5, 5.41) is 44.5. The molecule has 0 spiro atoms. The lowest BCUT2D eigenvalue weighted by Crippen LogP contribution is -2.47. The van der Waals surface area contributed by atoms with Crippen LogP contribution in [0.2, 0.25) is 0 Å². The number of hydrogen-bond donors (Lipinski definition) is 5. The first-order chi connectivity index (χ1) is 7.36. The Morgan fingerprint density at radius 2 is 1.31 bits per heavy atom. The lowest BCUT2D eigenvalue weighted by atomic mass is 10.0. The van der Waals surface area contributed by atoms with Crippen LogP contribution in [0.25, 0.3) is 0 Å². The van der Waals surface area contributed by atoms with Crippen LogP contribution in [0.3, 0.4) is 0 Å². The van der Waals surface area contributed by atoms with Gasteiger partial charge in [-0.1, -0.05) is 15.9 Å². The van der Waals surface area contributed by atoms with Crippen LogP contribution in [-0.4, -0.2) is 73.5 Å². The summed E-state index contributed by atoms with van der Waals surface area (Å²) in [6.07, 6.45) is -7.39. The molecule has 0 radical (unpaired) electrons. The van der Waals surface area contributed by atoms with Gasteiger partial charge in [-0.3, -0.25) is 9.59 Å². The maximum Gasteiger partial charge on any atom is 0.232 e. The van der Waals surface area contributed by atoms with E-state index in [0.717, 1.165) is 0 Å². The highest BCUT2D eigenvalue weighted by Crippen LogP contribution is 2.04. The van der Waals surface area contributed by atoms with E-state index in [9.17, 15) is 9.59 Å². The maximum atomic E-state index is 11.2. The molecule has 0 aromatic rings. The number of alkyl halides is 1. The summed E-state index contributed by atoms with van der Waals surface area (Å²) in [5.74, 6) is -2.89. The van der Waals surface area contributed by atoms with Crippen molar-refractivity contribution < 1.29 is 35.1 Å². The van der Waals surface area contributed by atoms with Crippen molar-refractivity contribution in [3.05, 3.63) is 0 Å². The first kappa shape index (κ1) is 15.6. The van der Waals surface area contributed by atoms with Crippen LogP contribution in [0.5, 0.6) is 0 Å². The van der Waals surface area contributed by atoms with E-state index in [2.05, 4.69) is 15.9 Å². The molecule has 0 rings (SSSR count). The van der Waals surface area contributed by atoms with Crippen molar-refractivity contribution in [2.45, 2.75) is 24.4 Å². The molecular formula is C8H13BrO7. The standard InChI is InChI=1S/C8H13BrO7/c9-1-3(11)5(13)7(15)8(16)6(14)4(12)2-10/h3-6,10-14H,1-2H2/t3?,4-,5?,6-/m1/s1. The molecule has 0 aromatic carbocycles. The lowest BCUT2D eigenvalue weighted by molar-refractivity contribution is -0.152. The van der Waals surface area contributed by atoms with E-state index in [-0.39, 0.29) is 5.33 Å². The molecule has 0 saturated carbocycles. The van der Waals surface area contributed by atoms with Gasteiger partial charge in [0.1, 0.15) is 18.3 Å². The molecule has 0 aromatic heterocycles. The van der Waals surface area contributed by atoms with Crippen molar-refractivity contribution in [2.75, 3.05) is 11.9 Å². The normalized spacial score (nSPS) is 18.6. The molecule has 4 atom stereocenters. The summed E-state index contributed by atoms with van der Waals surface area (Å²) >= 11 is 2.79. The number of aliphatic hydroxyl groups is 5. The fraction of sp³-hybridized carbons (Fsp3) is 0.750. The average Bonchev–Trinajstić information content (AvgIpc) is 2.32. The van der Waals surface area contributed by atoms with Crippen LogP contribution < -0.4 is 0 Å². The van der Waals surface area contributed by atoms with E-state index in [1.165, 1.54) is 0 Å². The number of rotatable bonds is 7. The second-order valence-corrected chi connectivity index (χ2v) is 3.74. The van der Waals surface area contributed by atoms with Gasteiger partial charge in [-0.25, -0.2) is 0 Å². The van der Waals surface area contributed by atoms with Crippen molar-refractivity contribution in [1.29, 1.82) is 0 Å². The number of aliphatic hydroxyl groups excluding tert-OH is 5. The molecular weight excluding hydrogens is 288 g/mol. The Hall–Kier alpha value is -0.380. The number of Topliss-reactive ketones (excluding diaryl/α,β-unsaturated/α-hetero) is 2. The van der Waals surface area contributed by atoms with Gasteiger partial charge >= 0.3 is 0 Å². The van der Waals surface area contributed by atoms with E-state index in [1.54, 1.807) is 0 Å². The molecule has 0 saturated heterocycles. The number of hydrogen-bond acceptors (Lipinski definition) is 7. The molecule has 0 amide bonds. The first-order valence-corrected chi connectivity index (χ1v) is 5.46. The fourth-order valence-corrected chi connectivity index (χ4v) is 1.18. The SMILES string of the molecule is O=C(C(=O)[C@H](O)[C@H](O)CO)C(O)C(O)CBr. The zero-order chi connectivity index (χ0) is 12.9. The number of carbonyl (C=O) groups excluding carboxylic acids is 2. The highest BCUT2D eigenvalue weighted by molar-refractivity contribution is 9.09. The van der Waals surface area contributed by atoms with E-state index >= 15 is 0 Å². The minimum absolute atomic E-state index is 0.133. The van der Waals surface area contributed by atoms with Crippen LogP contribution >= 0.6 is 15.9 Å². The average molecular weight is 301 g/mol. The van der Waals surface area contributed by atoms with E-state index in [0.29, 0.717) is 0 Å². The summed E-state index contributed by atoms with van der Waals surface area (Å²) in [4.78, 5) is 22.3. The Bertz CT molecular complexity index is 231. The summed E-state index contributed by atoms with van der Waals surface area (Å²) in [7, 11) is 0. The van der Waals surface area contributed by atoms with Crippen molar-refractivity contribution in [2.24, 2.45) is 0 Å². The highest BCUT2D eigenvalue weighted by Gasteiger charge is 2.35. The molecule has 0 aliphatic heterocycles. The van der Waals surface area contributed by atoms with Gasteiger partial charge in [0.05, 0.1) is 12.7 Å². The zero-order valence-corrected chi connectivity index (χ0v) is 9.74. The van der Waals surface area contributed by atoms with Gasteiger partial charge in [-0.2, -0.15) is 0 Å². The van der Waals surface area contributed by atoms with Crippen molar-refractivity contribution >= 4 is 27.5 Å². The van der Waals surface area contributed by atoms with Crippen molar-refractivity contribution in [1.82, 2.24) is 0 Å². The third-order valence-electron chi connectivity index (χ3n) is 1.85. The van der Waals surface area contributed by atoms with Gasteiger partial charge in [-0.05, 0) is 0 Å². The predicted octanol–water partition coefficient (Wildman–Crippen LogP) is -3.04. The Morgan fingerprint density at radius 3 is 1.62 bits per heavy atom. The summed E-state index contributed by atoms with van der Waals surface area (Å²) in [6, 6.07) is 0. The van der Waals surface area contributed by atoms with Crippen LogP contribution in [0.4, 0.5) is 0 Å². The molecule has 5 N–H and O–H groups in total. The third kappa shape index (κ3) is 3.89. The number of halogens is 1. The Kier molecular flexibility index (Phi) is 6.88. The smallest absolute Gasteiger partial charge is 0.232 e. The van der Waals surface area contributed by atoms with Crippen molar-refractivity contribution in [3.8, 4) is 0 Å². The summed E-state index contributed by atoms with van der Waals surface area (Å²) in [6.45, 7) is -0.905. The first-order valence-electron chi connectivity index (χ1n) is 4.34. The maximum absolute atomic E-state index is 11.2. The molecule has 7 nitrogen and oxygen atoms in total. The third-order valence-corrected chi connectivity index (χ3v) is 2.52. The van der Waals surface area contributed by atoms with Gasteiger partial charge < -0.3 is 25.5 Å². The van der Waals surface area contributed by atoms with E-state index in [4.69, 9.17) is 25.5 Å². The van der Waals surface area contributed by atoms with E-state index in [1.807, 2.05) is 0 Å². The van der Waals surface area contributed by atoms with E-state index < -0.39 is 42.6 Å². The Morgan fingerprint density at radius 1 is 0.938 bits per heavy atom. The predicted molar refractivity (Wildman–Crippen MR) is 54.9 cm³/mol. The largest absolute Gasteiger partial charge is 0.394 e. The fourth-order valence-electron chi connectivity index (χ4n) is 0.825. The second kappa shape index (κ2) is 7.05. The number of ketones is 2. The molecule has 0 aliphatic carbocycles. The molecule has 0 fully saturated rings. The summed E-state index contributed by atoms with van der Waals surface area (Å²) in [5.41, 5.74) is 0. The van der Waals surface area contributed by atoms with Crippen LogP contribution in [-0.2, 0) is 9.59 Å². The quantitative estimate of drug-likeness (QED) is 0.249. The Balaban J connectivity index is 4.55. The van der Waals surface area contributed by atoms with Crippen LogP contribution in [0.1, 0.15) is 0 Å². The molecule has 8 heteroatoms. The molecule has 16 heavy (non-hydrogen) atoms. The second-order valence-electron chi connectivity index (χ2n) is 3.09. The zero-order valence-electron chi connectivity index (χ0n) is 8.15. The van der Waals surface area contributed by atoms with Gasteiger partial charge in [0.25, 0.3) is 0 Å². The number of carbonyl (C=O) groups is 2.